The number of rotatable bonds is 4. The lowest BCUT2D eigenvalue weighted by atomic mass is 10.1. The van der Waals surface area contributed by atoms with Crippen LogP contribution in [0.5, 0.6) is 0 Å². The Kier molecular flexibility index (Phi) is 4.56. The summed E-state index contributed by atoms with van der Waals surface area (Å²) in [5, 5.41) is 21.8. The Morgan fingerprint density at radius 1 is 1.21 bits per heavy atom. The molecule has 0 spiro atoms. The van der Waals surface area contributed by atoms with Crippen molar-refractivity contribution in [2.75, 3.05) is 11.9 Å². The smallest absolute Gasteiger partial charge is 0.101 e. The van der Waals surface area contributed by atoms with E-state index < -0.39 is 0 Å². The highest BCUT2D eigenvalue weighted by molar-refractivity contribution is 9.10. The van der Waals surface area contributed by atoms with E-state index in [2.05, 4.69) is 27.3 Å². The molecule has 1 unspecified atom stereocenters. The average molecular weight is 317 g/mol. The van der Waals surface area contributed by atoms with E-state index >= 15 is 0 Å². The molecule has 0 bridgehead atoms. The van der Waals surface area contributed by atoms with Crippen LogP contribution in [0, 0.1) is 11.3 Å². The Hall–Kier alpha value is -1.83. The Morgan fingerprint density at radius 2 is 1.95 bits per heavy atom. The summed E-state index contributed by atoms with van der Waals surface area (Å²) < 4.78 is 0.856. The molecule has 2 N–H and O–H groups in total. The molecule has 3 nitrogen and oxygen atoms in total. The molecule has 0 saturated carbocycles. The number of hydrogen-bond donors (Lipinski definition) is 2. The number of hydrogen-bond acceptors (Lipinski definition) is 3. The van der Waals surface area contributed by atoms with E-state index in [0.717, 1.165) is 10.0 Å². The molecule has 19 heavy (non-hydrogen) atoms. The SMILES string of the molecule is N#Cc1cc(Br)ccc1NC(CO)c1ccccc1. The van der Waals surface area contributed by atoms with Gasteiger partial charge in [0.25, 0.3) is 0 Å². The van der Waals surface area contributed by atoms with Crippen LogP contribution in [0.2, 0.25) is 0 Å². The molecule has 2 aromatic carbocycles. The minimum Gasteiger partial charge on any atom is -0.394 e. The Bertz CT molecular complexity index is 593. The Morgan fingerprint density at radius 3 is 2.58 bits per heavy atom. The summed E-state index contributed by atoms with van der Waals surface area (Å²) in [6.45, 7) is -0.0368. The lowest BCUT2D eigenvalue weighted by Gasteiger charge is -2.19. The fraction of sp³-hybridized carbons (Fsp3) is 0.133. The second-order valence-corrected chi connectivity index (χ2v) is 5.01. The van der Waals surface area contributed by atoms with Crippen LogP contribution in [-0.2, 0) is 0 Å². The molecule has 0 aliphatic heterocycles. The van der Waals surface area contributed by atoms with E-state index in [1.165, 1.54) is 0 Å². The van der Waals surface area contributed by atoms with Crippen molar-refractivity contribution in [3.8, 4) is 6.07 Å². The zero-order chi connectivity index (χ0) is 13.7. The lowest BCUT2D eigenvalue weighted by Crippen LogP contribution is -2.15. The molecule has 0 aliphatic carbocycles. The topological polar surface area (TPSA) is 56.0 Å². The first-order chi connectivity index (χ1) is 9.24. The van der Waals surface area contributed by atoms with Gasteiger partial charge in [0.1, 0.15) is 6.07 Å². The van der Waals surface area contributed by atoms with Crippen molar-refractivity contribution < 1.29 is 5.11 Å². The quantitative estimate of drug-likeness (QED) is 0.908. The van der Waals surface area contributed by atoms with Gasteiger partial charge in [-0.15, -0.1) is 0 Å². The van der Waals surface area contributed by atoms with Crippen LogP contribution in [0.25, 0.3) is 0 Å². The first-order valence-electron chi connectivity index (χ1n) is 5.86. The monoisotopic (exact) mass is 316 g/mol. The van der Waals surface area contributed by atoms with Crippen molar-refractivity contribution in [1.82, 2.24) is 0 Å². The maximum atomic E-state index is 9.50. The minimum atomic E-state index is -0.227. The molecular weight excluding hydrogens is 304 g/mol. The van der Waals surface area contributed by atoms with Gasteiger partial charge in [-0.05, 0) is 23.8 Å². The third kappa shape index (κ3) is 3.34. The second kappa shape index (κ2) is 6.37. The van der Waals surface area contributed by atoms with Gasteiger partial charge in [-0.25, -0.2) is 0 Å². The van der Waals surface area contributed by atoms with E-state index in [4.69, 9.17) is 5.26 Å². The summed E-state index contributed by atoms with van der Waals surface area (Å²) in [4.78, 5) is 0. The van der Waals surface area contributed by atoms with Crippen LogP contribution in [0.1, 0.15) is 17.2 Å². The number of benzene rings is 2. The second-order valence-electron chi connectivity index (χ2n) is 4.09. The minimum absolute atomic E-state index is 0.0368. The van der Waals surface area contributed by atoms with Gasteiger partial charge in [-0.3, -0.25) is 0 Å². The molecule has 0 aliphatic rings. The van der Waals surface area contributed by atoms with Crippen LogP contribution in [0.4, 0.5) is 5.69 Å². The number of nitrogens with zero attached hydrogens (tertiary/aromatic N) is 1. The maximum Gasteiger partial charge on any atom is 0.101 e. The van der Waals surface area contributed by atoms with Crippen LogP contribution < -0.4 is 5.32 Å². The van der Waals surface area contributed by atoms with Crippen LogP contribution in [0.15, 0.2) is 53.0 Å². The van der Waals surface area contributed by atoms with Gasteiger partial charge in [0.05, 0.1) is 23.9 Å². The van der Waals surface area contributed by atoms with Crippen molar-refractivity contribution in [1.29, 1.82) is 5.26 Å². The number of aliphatic hydroxyl groups excluding tert-OH is 1. The van der Waals surface area contributed by atoms with Gasteiger partial charge in [0.15, 0.2) is 0 Å². The van der Waals surface area contributed by atoms with Crippen molar-refractivity contribution in [3.63, 3.8) is 0 Å². The number of aliphatic hydroxyl groups is 1. The van der Waals surface area contributed by atoms with Gasteiger partial charge >= 0.3 is 0 Å². The highest BCUT2D eigenvalue weighted by atomic mass is 79.9. The van der Waals surface area contributed by atoms with Crippen LogP contribution >= 0.6 is 15.9 Å². The molecule has 1 atom stereocenters. The highest BCUT2D eigenvalue weighted by Gasteiger charge is 2.12. The molecular formula is C15H13BrN2O. The third-order valence-corrected chi connectivity index (χ3v) is 3.31. The first-order valence-corrected chi connectivity index (χ1v) is 6.66. The van der Waals surface area contributed by atoms with Crippen molar-refractivity contribution in [3.05, 3.63) is 64.1 Å². The zero-order valence-corrected chi connectivity index (χ0v) is 11.8. The number of nitrogens with one attached hydrogen (secondary N) is 1. The molecule has 0 aromatic heterocycles. The molecule has 0 saturated heterocycles. The summed E-state index contributed by atoms with van der Waals surface area (Å²) in [6, 6.07) is 17.0. The van der Waals surface area contributed by atoms with Crippen LogP contribution in [0.3, 0.4) is 0 Å². The summed E-state index contributed by atoms with van der Waals surface area (Å²) in [5.74, 6) is 0. The first kappa shape index (κ1) is 13.6. The molecule has 96 valence electrons. The van der Waals surface area contributed by atoms with Crippen LogP contribution in [-0.4, -0.2) is 11.7 Å². The van der Waals surface area contributed by atoms with Gasteiger partial charge in [-0.1, -0.05) is 46.3 Å². The number of anilines is 1. The highest BCUT2D eigenvalue weighted by Crippen LogP contribution is 2.24. The van der Waals surface area contributed by atoms with Gasteiger partial charge in [0, 0.05) is 4.47 Å². The van der Waals surface area contributed by atoms with E-state index in [1.54, 1.807) is 6.07 Å². The number of nitriles is 1. The summed E-state index contributed by atoms with van der Waals surface area (Å²) in [6.07, 6.45) is 0. The molecule has 2 rings (SSSR count). The molecule has 2 aromatic rings. The standard InChI is InChI=1S/C15H13BrN2O/c16-13-6-7-14(12(8-13)9-17)18-15(10-19)11-4-2-1-3-5-11/h1-8,15,18-19H,10H2. The molecule has 0 amide bonds. The van der Waals surface area contributed by atoms with Crippen molar-refractivity contribution >= 4 is 21.6 Å². The third-order valence-electron chi connectivity index (χ3n) is 2.82. The van der Waals surface area contributed by atoms with E-state index in [9.17, 15) is 5.11 Å². The summed E-state index contributed by atoms with van der Waals surface area (Å²) in [7, 11) is 0. The molecule has 4 heteroatoms. The fourth-order valence-electron chi connectivity index (χ4n) is 1.84. The largest absolute Gasteiger partial charge is 0.394 e. The predicted molar refractivity (Wildman–Crippen MR) is 78.7 cm³/mol. The lowest BCUT2D eigenvalue weighted by molar-refractivity contribution is 0.276. The molecule has 0 radical (unpaired) electrons. The summed E-state index contributed by atoms with van der Waals surface area (Å²) >= 11 is 3.34. The van der Waals surface area contributed by atoms with Crippen molar-refractivity contribution in [2.45, 2.75) is 6.04 Å². The van der Waals surface area contributed by atoms with E-state index in [-0.39, 0.29) is 12.6 Å². The van der Waals surface area contributed by atoms with E-state index in [1.807, 2.05) is 42.5 Å². The zero-order valence-electron chi connectivity index (χ0n) is 10.2. The number of halogens is 1. The van der Waals surface area contributed by atoms with Gasteiger partial charge in [-0.2, -0.15) is 5.26 Å². The normalized spacial score (nSPS) is 11.6. The van der Waals surface area contributed by atoms with Gasteiger partial charge < -0.3 is 10.4 Å². The van der Waals surface area contributed by atoms with Gasteiger partial charge in [0.2, 0.25) is 0 Å². The fourth-order valence-corrected chi connectivity index (χ4v) is 2.20. The van der Waals surface area contributed by atoms with Crippen molar-refractivity contribution in [2.24, 2.45) is 0 Å². The molecule has 0 heterocycles. The average Bonchev–Trinajstić information content (AvgIpc) is 2.46. The summed E-state index contributed by atoms with van der Waals surface area (Å²) in [5.41, 5.74) is 2.24. The Labute approximate surface area is 120 Å². The maximum absolute atomic E-state index is 9.50. The van der Waals surface area contributed by atoms with E-state index in [0.29, 0.717) is 11.3 Å². The predicted octanol–water partition coefficient (Wildman–Crippen LogP) is 3.47. The Balaban J connectivity index is 2.27. The molecule has 0 fully saturated rings.